The first-order valence-corrected chi connectivity index (χ1v) is 11.7. The van der Waals surface area contributed by atoms with E-state index in [1.807, 2.05) is 0 Å². The van der Waals surface area contributed by atoms with Gasteiger partial charge in [-0.15, -0.1) is 10.2 Å². The molecule has 0 saturated carbocycles. The van der Waals surface area contributed by atoms with E-state index in [0.717, 1.165) is 76.6 Å². The van der Waals surface area contributed by atoms with Crippen LogP contribution in [0.3, 0.4) is 0 Å². The van der Waals surface area contributed by atoms with Crippen LogP contribution in [0.25, 0.3) is 0 Å². The maximum atomic E-state index is 12.5. The van der Waals surface area contributed by atoms with Crippen LogP contribution in [0.5, 0.6) is 0 Å². The fourth-order valence-electron chi connectivity index (χ4n) is 4.80. The number of nitrogens with zero attached hydrogens (tertiary/aromatic N) is 5. The molecule has 2 aliphatic rings. The highest BCUT2D eigenvalue weighted by Gasteiger charge is 2.24. The minimum absolute atomic E-state index is 0.118. The smallest absolute Gasteiger partial charge is 0.224 e. The number of piperidine rings is 1. The summed E-state index contributed by atoms with van der Waals surface area (Å²) in [5.74, 6) is 2.36. The molecule has 0 radical (unpaired) electrons. The summed E-state index contributed by atoms with van der Waals surface area (Å²) >= 11 is 0. The molecule has 2 aromatic rings. The van der Waals surface area contributed by atoms with Gasteiger partial charge in [0.15, 0.2) is 0 Å². The molecule has 7 heteroatoms. The van der Waals surface area contributed by atoms with Gasteiger partial charge in [0, 0.05) is 52.1 Å². The van der Waals surface area contributed by atoms with E-state index in [-0.39, 0.29) is 11.8 Å². The monoisotopic (exact) mass is 424 g/mol. The number of likely N-dealkylation sites (tertiary alicyclic amines) is 1. The Kier molecular flexibility index (Phi) is 7.02. The van der Waals surface area contributed by atoms with Gasteiger partial charge in [0.25, 0.3) is 0 Å². The zero-order valence-electron chi connectivity index (χ0n) is 19.2. The molecule has 2 aliphatic heterocycles. The third-order valence-corrected chi connectivity index (χ3v) is 6.74. The Morgan fingerprint density at radius 3 is 2.87 bits per heavy atom. The topological polar surface area (TPSA) is 66.3 Å². The highest BCUT2D eigenvalue weighted by molar-refractivity contribution is 5.78. The maximum absolute atomic E-state index is 12.5. The van der Waals surface area contributed by atoms with Gasteiger partial charge in [-0.25, -0.2) is 0 Å². The maximum Gasteiger partial charge on any atom is 0.224 e. The van der Waals surface area contributed by atoms with Gasteiger partial charge in [-0.2, -0.15) is 0 Å². The van der Waals surface area contributed by atoms with Crippen molar-refractivity contribution in [2.24, 2.45) is 5.92 Å². The highest BCUT2D eigenvalue weighted by Crippen LogP contribution is 2.17. The van der Waals surface area contributed by atoms with Gasteiger partial charge in [0.1, 0.15) is 11.6 Å². The Balaban J connectivity index is 1.29. The normalized spacial score (nSPS) is 20.3. The molecule has 0 spiro atoms. The first kappa shape index (κ1) is 22.0. The van der Waals surface area contributed by atoms with Gasteiger partial charge in [-0.1, -0.05) is 23.8 Å². The lowest BCUT2D eigenvalue weighted by molar-refractivity contribution is -0.126. The number of aromatic nitrogens is 3. The molecule has 0 unspecified atom stereocenters. The standard InChI is InChI=1S/C24H36N6O/c1-18-6-7-19(2)21(15-18)17-29-12-9-23-27-26-22(30(23)14-13-29)8-10-25-24(31)20-5-4-11-28(3)16-20/h6-7,15,20H,4-5,8-14,16-17H2,1-3H3,(H,25,31)/t20-/m0/s1. The van der Waals surface area contributed by atoms with Crippen LogP contribution in [0.4, 0.5) is 0 Å². The van der Waals surface area contributed by atoms with Crippen molar-refractivity contribution in [3.63, 3.8) is 0 Å². The fraction of sp³-hybridized carbons (Fsp3) is 0.625. The summed E-state index contributed by atoms with van der Waals surface area (Å²) in [5, 5.41) is 12.0. The first-order valence-electron chi connectivity index (χ1n) is 11.7. The van der Waals surface area contributed by atoms with Gasteiger partial charge < -0.3 is 14.8 Å². The molecule has 1 N–H and O–H groups in total. The number of amides is 1. The van der Waals surface area contributed by atoms with Crippen LogP contribution in [0.2, 0.25) is 0 Å². The van der Waals surface area contributed by atoms with Crippen molar-refractivity contribution in [3.8, 4) is 0 Å². The lowest BCUT2D eigenvalue weighted by Crippen LogP contribution is -2.42. The summed E-state index contributed by atoms with van der Waals surface area (Å²) in [5.41, 5.74) is 4.08. The van der Waals surface area contributed by atoms with E-state index in [4.69, 9.17) is 0 Å². The average Bonchev–Trinajstić information content (AvgIpc) is 3.02. The van der Waals surface area contributed by atoms with E-state index in [1.165, 1.54) is 16.7 Å². The number of nitrogens with one attached hydrogen (secondary N) is 1. The molecule has 0 aliphatic carbocycles. The van der Waals surface area contributed by atoms with Crippen LogP contribution < -0.4 is 5.32 Å². The summed E-state index contributed by atoms with van der Waals surface area (Å²) in [4.78, 5) is 17.3. The third-order valence-electron chi connectivity index (χ3n) is 6.74. The van der Waals surface area contributed by atoms with Crippen LogP contribution >= 0.6 is 0 Å². The van der Waals surface area contributed by atoms with Crippen molar-refractivity contribution in [1.29, 1.82) is 0 Å². The minimum atomic E-state index is 0.118. The Morgan fingerprint density at radius 2 is 2.03 bits per heavy atom. The molecule has 1 amide bonds. The van der Waals surface area contributed by atoms with Crippen molar-refractivity contribution in [1.82, 2.24) is 29.9 Å². The number of carbonyl (C=O) groups excluding carboxylic acids is 1. The number of benzene rings is 1. The lowest BCUT2D eigenvalue weighted by Gasteiger charge is -2.28. The second kappa shape index (κ2) is 9.92. The molecular formula is C24H36N6O. The largest absolute Gasteiger partial charge is 0.355 e. The molecule has 1 atom stereocenters. The molecule has 4 rings (SSSR count). The van der Waals surface area contributed by atoms with Crippen molar-refractivity contribution >= 4 is 5.91 Å². The molecule has 1 aromatic carbocycles. The molecule has 31 heavy (non-hydrogen) atoms. The Hall–Kier alpha value is -2.25. The van der Waals surface area contributed by atoms with E-state index >= 15 is 0 Å². The predicted molar refractivity (Wildman–Crippen MR) is 122 cm³/mol. The zero-order valence-corrected chi connectivity index (χ0v) is 19.2. The average molecular weight is 425 g/mol. The molecule has 168 valence electrons. The number of carbonyl (C=O) groups is 1. The number of hydrogen-bond acceptors (Lipinski definition) is 5. The fourth-order valence-corrected chi connectivity index (χ4v) is 4.80. The molecule has 1 saturated heterocycles. The molecule has 1 aromatic heterocycles. The van der Waals surface area contributed by atoms with E-state index in [2.05, 4.69) is 69.0 Å². The van der Waals surface area contributed by atoms with E-state index in [0.29, 0.717) is 6.54 Å². The van der Waals surface area contributed by atoms with Crippen LogP contribution in [-0.2, 0) is 30.7 Å². The van der Waals surface area contributed by atoms with Crippen LogP contribution in [0.1, 0.15) is 41.2 Å². The van der Waals surface area contributed by atoms with Crippen LogP contribution in [0.15, 0.2) is 18.2 Å². The van der Waals surface area contributed by atoms with Crippen molar-refractivity contribution in [2.75, 3.05) is 39.8 Å². The number of fused-ring (bicyclic) bond motifs is 1. The number of aryl methyl sites for hydroxylation is 2. The van der Waals surface area contributed by atoms with Gasteiger partial charge >= 0.3 is 0 Å². The van der Waals surface area contributed by atoms with Gasteiger partial charge in [0.05, 0.1) is 5.92 Å². The highest BCUT2D eigenvalue weighted by atomic mass is 16.1. The van der Waals surface area contributed by atoms with Crippen molar-refractivity contribution in [2.45, 2.75) is 52.6 Å². The molecule has 7 nitrogen and oxygen atoms in total. The summed E-state index contributed by atoms with van der Waals surface area (Å²) < 4.78 is 2.27. The number of rotatable bonds is 6. The number of hydrogen-bond donors (Lipinski definition) is 1. The lowest BCUT2D eigenvalue weighted by atomic mass is 9.97. The van der Waals surface area contributed by atoms with E-state index in [9.17, 15) is 4.79 Å². The van der Waals surface area contributed by atoms with E-state index < -0.39 is 0 Å². The Morgan fingerprint density at radius 1 is 1.16 bits per heavy atom. The Labute approximate surface area is 185 Å². The van der Waals surface area contributed by atoms with Gasteiger partial charge in [0.2, 0.25) is 5.91 Å². The molecule has 0 bridgehead atoms. The SMILES string of the molecule is Cc1ccc(C)c(CN2CCc3nnc(CCNC(=O)[C@H]4CCCN(C)C4)n3CC2)c1. The third kappa shape index (κ3) is 5.52. The quantitative estimate of drug-likeness (QED) is 0.768. The van der Waals surface area contributed by atoms with Crippen LogP contribution in [-0.4, -0.2) is 70.2 Å². The summed E-state index contributed by atoms with van der Waals surface area (Å²) in [6.45, 7) is 10.8. The van der Waals surface area contributed by atoms with Gasteiger partial charge in [-0.3, -0.25) is 9.69 Å². The first-order chi connectivity index (χ1) is 15.0. The Bertz CT molecular complexity index is 907. The summed E-state index contributed by atoms with van der Waals surface area (Å²) in [6.07, 6.45) is 3.74. The van der Waals surface area contributed by atoms with Crippen molar-refractivity contribution in [3.05, 3.63) is 46.5 Å². The van der Waals surface area contributed by atoms with E-state index in [1.54, 1.807) is 0 Å². The second-order valence-corrected chi connectivity index (χ2v) is 9.28. The second-order valence-electron chi connectivity index (χ2n) is 9.28. The summed E-state index contributed by atoms with van der Waals surface area (Å²) in [7, 11) is 2.09. The molecular weight excluding hydrogens is 388 g/mol. The van der Waals surface area contributed by atoms with Crippen molar-refractivity contribution < 1.29 is 4.79 Å². The molecule has 1 fully saturated rings. The van der Waals surface area contributed by atoms with Gasteiger partial charge in [-0.05, 0) is 51.4 Å². The predicted octanol–water partition coefficient (Wildman–Crippen LogP) is 1.95. The summed E-state index contributed by atoms with van der Waals surface area (Å²) in [6, 6.07) is 6.70. The minimum Gasteiger partial charge on any atom is -0.355 e. The molecule has 3 heterocycles. The van der Waals surface area contributed by atoms with Crippen LogP contribution in [0, 0.1) is 19.8 Å². The zero-order chi connectivity index (χ0) is 21.8.